The Morgan fingerprint density at radius 1 is 0.952 bits per heavy atom. The lowest BCUT2D eigenvalue weighted by atomic mass is 9.89. The van der Waals surface area contributed by atoms with Crippen LogP contribution in [0.25, 0.3) is 0 Å². The van der Waals surface area contributed by atoms with Crippen molar-refractivity contribution in [3.05, 3.63) is 0 Å². The fourth-order valence-electron chi connectivity index (χ4n) is 3.83. The zero-order valence-corrected chi connectivity index (χ0v) is 13.9. The second-order valence-electron chi connectivity index (χ2n) is 6.84. The molecule has 5 heteroatoms. The number of carbonyl (C=O) groups excluding carboxylic acids is 1. The minimum Gasteiger partial charge on any atom is -0.341 e. The maximum absolute atomic E-state index is 12.3. The summed E-state index contributed by atoms with van der Waals surface area (Å²) in [6.07, 6.45) is 8.29. The number of halogens is 1. The Balaban J connectivity index is 0.00000161. The molecule has 0 radical (unpaired) electrons. The summed E-state index contributed by atoms with van der Waals surface area (Å²) in [6.45, 7) is 7.24. The van der Waals surface area contributed by atoms with Gasteiger partial charge >= 0.3 is 0 Å². The minimum absolute atomic E-state index is 0. The van der Waals surface area contributed by atoms with E-state index in [1.54, 1.807) is 0 Å². The normalized spacial score (nSPS) is 25.8. The van der Waals surface area contributed by atoms with Gasteiger partial charge < -0.3 is 15.1 Å². The largest absolute Gasteiger partial charge is 0.341 e. The van der Waals surface area contributed by atoms with Crippen LogP contribution in [0, 0.1) is 11.8 Å². The fraction of sp³-hybridized carbons (Fsp3) is 0.938. The summed E-state index contributed by atoms with van der Waals surface area (Å²) in [5, 5.41) is 3.20. The van der Waals surface area contributed by atoms with Gasteiger partial charge in [0.1, 0.15) is 0 Å². The van der Waals surface area contributed by atoms with E-state index in [2.05, 4.69) is 15.1 Å². The van der Waals surface area contributed by atoms with E-state index in [0.29, 0.717) is 5.91 Å². The number of nitrogens with one attached hydrogen (secondary N) is 1. The average Bonchev–Trinajstić information content (AvgIpc) is 2.63. The molecule has 0 atom stereocenters. The van der Waals surface area contributed by atoms with Crippen molar-refractivity contribution in [1.29, 1.82) is 0 Å². The Bertz CT molecular complexity index is 329. The van der Waals surface area contributed by atoms with E-state index >= 15 is 0 Å². The van der Waals surface area contributed by atoms with Crippen LogP contribution >= 0.6 is 12.4 Å². The lowest BCUT2D eigenvalue weighted by molar-refractivity contribution is -0.136. The first-order chi connectivity index (χ1) is 9.83. The van der Waals surface area contributed by atoms with Crippen molar-refractivity contribution in [1.82, 2.24) is 15.1 Å². The first-order valence-electron chi connectivity index (χ1n) is 8.55. The van der Waals surface area contributed by atoms with Crippen molar-refractivity contribution in [3.63, 3.8) is 0 Å². The molecule has 122 valence electrons. The van der Waals surface area contributed by atoms with Gasteiger partial charge in [-0.15, -0.1) is 12.4 Å². The van der Waals surface area contributed by atoms with E-state index in [0.717, 1.165) is 45.1 Å². The predicted molar refractivity (Wildman–Crippen MR) is 87.8 cm³/mol. The number of hydrogen-bond donors (Lipinski definition) is 1. The third-order valence-electron chi connectivity index (χ3n) is 5.27. The molecule has 0 aromatic heterocycles. The second-order valence-corrected chi connectivity index (χ2v) is 6.84. The van der Waals surface area contributed by atoms with Gasteiger partial charge in [-0.05, 0) is 31.7 Å². The van der Waals surface area contributed by atoms with Crippen LogP contribution in [0.2, 0.25) is 0 Å². The van der Waals surface area contributed by atoms with Crippen LogP contribution in [0.1, 0.15) is 38.5 Å². The highest BCUT2D eigenvalue weighted by Crippen LogP contribution is 2.24. The molecule has 4 nitrogen and oxygen atoms in total. The van der Waals surface area contributed by atoms with E-state index in [-0.39, 0.29) is 18.3 Å². The van der Waals surface area contributed by atoms with Gasteiger partial charge in [-0.25, -0.2) is 0 Å². The summed E-state index contributed by atoms with van der Waals surface area (Å²) < 4.78 is 0. The molecule has 0 bridgehead atoms. The van der Waals surface area contributed by atoms with Crippen LogP contribution in [0.4, 0.5) is 0 Å². The zero-order chi connectivity index (χ0) is 13.8. The molecule has 2 saturated heterocycles. The Morgan fingerprint density at radius 3 is 2.38 bits per heavy atom. The molecule has 2 aliphatic heterocycles. The van der Waals surface area contributed by atoms with Gasteiger partial charge in [-0.1, -0.05) is 19.3 Å². The van der Waals surface area contributed by atoms with Gasteiger partial charge in [-0.3, -0.25) is 4.79 Å². The van der Waals surface area contributed by atoms with Gasteiger partial charge in [0, 0.05) is 39.3 Å². The molecule has 3 aliphatic rings. The minimum atomic E-state index is 0. The first-order valence-corrected chi connectivity index (χ1v) is 8.55. The van der Waals surface area contributed by atoms with Crippen molar-refractivity contribution < 1.29 is 4.79 Å². The van der Waals surface area contributed by atoms with Crippen molar-refractivity contribution in [2.24, 2.45) is 11.8 Å². The lowest BCUT2D eigenvalue weighted by Gasteiger charge is -2.32. The quantitative estimate of drug-likeness (QED) is 0.862. The predicted octanol–water partition coefficient (Wildman–Crippen LogP) is 1.74. The molecule has 0 spiro atoms. The Hall–Kier alpha value is -0.320. The molecule has 1 amide bonds. The van der Waals surface area contributed by atoms with Crippen LogP contribution < -0.4 is 5.32 Å². The van der Waals surface area contributed by atoms with Gasteiger partial charge in [0.2, 0.25) is 5.91 Å². The van der Waals surface area contributed by atoms with Gasteiger partial charge in [-0.2, -0.15) is 0 Å². The van der Waals surface area contributed by atoms with E-state index in [9.17, 15) is 4.79 Å². The summed E-state index contributed by atoms with van der Waals surface area (Å²) in [5.41, 5.74) is 0. The van der Waals surface area contributed by atoms with E-state index in [1.807, 2.05) is 0 Å². The maximum atomic E-state index is 12.3. The summed E-state index contributed by atoms with van der Waals surface area (Å²) in [7, 11) is 0. The zero-order valence-electron chi connectivity index (χ0n) is 13.1. The van der Waals surface area contributed by atoms with Gasteiger partial charge in [0.15, 0.2) is 0 Å². The molecule has 1 N–H and O–H groups in total. The molecule has 3 rings (SSSR count). The van der Waals surface area contributed by atoms with E-state index in [1.165, 1.54) is 45.2 Å². The van der Waals surface area contributed by atoms with Crippen molar-refractivity contribution >= 4 is 18.3 Å². The van der Waals surface area contributed by atoms with Crippen molar-refractivity contribution in [2.75, 3.05) is 45.8 Å². The van der Waals surface area contributed by atoms with Crippen molar-refractivity contribution in [3.8, 4) is 0 Å². The summed E-state index contributed by atoms with van der Waals surface area (Å²) in [6, 6.07) is 0. The molecule has 0 aromatic carbocycles. The number of nitrogens with zero attached hydrogens (tertiary/aromatic N) is 2. The fourth-order valence-corrected chi connectivity index (χ4v) is 3.83. The van der Waals surface area contributed by atoms with E-state index < -0.39 is 0 Å². The van der Waals surface area contributed by atoms with Crippen LogP contribution in [0.3, 0.4) is 0 Å². The van der Waals surface area contributed by atoms with Crippen LogP contribution in [-0.2, 0) is 4.79 Å². The van der Waals surface area contributed by atoms with Crippen molar-refractivity contribution in [2.45, 2.75) is 38.5 Å². The smallest absolute Gasteiger partial charge is 0.228 e. The molecular formula is C16H30ClN3O. The molecule has 1 aliphatic carbocycles. The molecule has 3 fully saturated rings. The SMILES string of the molecule is Cl.O=C(C1CNC1)N1CCCN(CC2CCCCC2)CC1. The highest BCUT2D eigenvalue weighted by molar-refractivity contribution is 5.85. The molecule has 0 unspecified atom stereocenters. The number of hydrogen-bond acceptors (Lipinski definition) is 3. The Labute approximate surface area is 135 Å². The van der Waals surface area contributed by atoms with E-state index in [4.69, 9.17) is 0 Å². The molecule has 2 heterocycles. The highest BCUT2D eigenvalue weighted by atomic mass is 35.5. The molecule has 21 heavy (non-hydrogen) atoms. The monoisotopic (exact) mass is 315 g/mol. The molecule has 1 saturated carbocycles. The van der Waals surface area contributed by atoms with Crippen LogP contribution in [-0.4, -0.2) is 61.5 Å². The second kappa shape index (κ2) is 8.35. The number of carbonyl (C=O) groups is 1. The van der Waals surface area contributed by atoms with Gasteiger partial charge in [0.25, 0.3) is 0 Å². The standard InChI is InChI=1S/C16H29N3O.ClH/c20-16(15-11-17-12-15)19-8-4-7-18(9-10-19)13-14-5-2-1-3-6-14;/h14-15,17H,1-13H2;1H. The Kier molecular flexibility index (Phi) is 6.77. The molecule has 0 aromatic rings. The topological polar surface area (TPSA) is 35.6 Å². The van der Waals surface area contributed by atoms with Crippen LogP contribution in [0.15, 0.2) is 0 Å². The third-order valence-corrected chi connectivity index (χ3v) is 5.27. The number of amides is 1. The average molecular weight is 316 g/mol. The highest BCUT2D eigenvalue weighted by Gasteiger charge is 2.30. The third kappa shape index (κ3) is 4.57. The van der Waals surface area contributed by atoms with Gasteiger partial charge in [0.05, 0.1) is 5.92 Å². The first kappa shape index (κ1) is 17.0. The number of rotatable bonds is 3. The lowest BCUT2D eigenvalue weighted by Crippen LogP contribution is -2.52. The molecular weight excluding hydrogens is 286 g/mol. The summed E-state index contributed by atoms with van der Waals surface area (Å²) >= 11 is 0. The maximum Gasteiger partial charge on any atom is 0.228 e. The Morgan fingerprint density at radius 2 is 1.71 bits per heavy atom. The summed E-state index contributed by atoms with van der Waals surface area (Å²) in [4.78, 5) is 17.0. The van der Waals surface area contributed by atoms with Crippen LogP contribution in [0.5, 0.6) is 0 Å². The summed E-state index contributed by atoms with van der Waals surface area (Å²) in [5.74, 6) is 1.57.